The van der Waals surface area contributed by atoms with Gasteiger partial charge in [0.2, 0.25) is 5.91 Å². The largest absolute Gasteiger partial charge is 0.368 e. The van der Waals surface area contributed by atoms with E-state index >= 15 is 0 Å². The number of nitrogens with two attached hydrogens (primary N) is 1. The Kier molecular flexibility index (Phi) is 7.83. The van der Waals surface area contributed by atoms with Crippen LogP contribution < -0.4 is 11.1 Å². The van der Waals surface area contributed by atoms with E-state index in [0.29, 0.717) is 6.04 Å². The molecule has 0 bridgehead atoms. The highest BCUT2D eigenvalue weighted by molar-refractivity contribution is 5.85. The first kappa shape index (κ1) is 17.7. The Bertz CT molecular complexity index is 251. The van der Waals surface area contributed by atoms with Crippen molar-refractivity contribution in [2.75, 3.05) is 6.61 Å². The van der Waals surface area contributed by atoms with E-state index in [1.54, 1.807) is 0 Å². The molecule has 1 rings (SSSR count). The minimum Gasteiger partial charge on any atom is -0.368 e. The average Bonchev–Trinajstić information content (AvgIpc) is 2.28. The lowest BCUT2D eigenvalue weighted by molar-refractivity contribution is -0.130. The van der Waals surface area contributed by atoms with Crippen molar-refractivity contribution in [3.63, 3.8) is 0 Å². The summed E-state index contributed by atoms with van der Waals surface area (Å²) < 4.78 is 5.62. The highest BCUT2D eigenvalue weighted by Crippen LogP contribution is 2.19. The van der Waals surface area contributed by atoms with Gasteiger partial charge in [0.15, 0.2) is 0 Å². The Morgan fingerprint density at radius 3 is 2.39 bits per heavy atom. The molecule has 1 aliphatic rings. The molecule has 3 N–H and O–H groups in total. The highest BCUT2D eigenvalue weighted by Gasteiger charge is 2.21. The minimum absolute atomic E-state index is 0. The number of rotatable bonds is 5. The molecule has 0 atom stereocenters. The fraction of sp³-hybridized carbons (Fsp3) is 0.923. The van der Waals surface area contributed by atoms with Crippen molar-refractivity contribution in [2.24, 2.45) is 5.73 Å². The molecule has 18 heavy (non-hydrogen) atoms. The molecule has 108 valence electrons. The topological polar surface area (TPSA) is 64.3 Å². The fourth-order valence-electron chi connectivity index (χ4n) is 1.95. The van der Waals surface area contributed by atoms with Crippen LogP contribution in [0, 0.1) is 0 Å². The van der Waals surface area contributed by atoms with Crippen LogP contribution in [0.1, 0.15) is 52.9 Å². The quantitative estimate of drug-likeness (QED) is 0.808. The van der Waals surface area contributed by atoms with Gasteiger partial charge >= 0.3 is 0 Å². The SMILES string of the molecule is CCC(C)(C)NC(=O)COC1CCC(N)CC1.Cl. The zero-order valence-electron chi connectivity index (χ0n) is 11.7. The number of carbonyl (C=O) groups is 1. The summed E-state index contributed by atoms with van der Waals surface area (Å²) in [6, 6.07) is 0.322. The molecule has 0 aliphatic heterocycles. The van der Waals surface area contributed by atoms with Crippen molar-refractivity contribution < 1.29 is 9.53 Å². The van der Waals surface area contributed by atoms with Crippen molar-refractivity contribution in [1.29, 1.82) is 0 Å². The van der Waals surface area contributed by atoms with Gasteiger partial charge in [0.1, 0.15) is 6.61 Å². The molecule has 5 heteroatoms. The first-order valence-electron chi connectivity index (χ1n) is 6.61. The maximum atomic E-state index is 11.7. The third kappa shape index (κ3) is 6.57. The van der Waals surface area contributed by atoms with Gasteiger partial charge in [-0.05, 0) is 46.0 Å². The number of nitrogens with one attached hydrogen (secondary N) is 1. The summed E-state index contributed by atoms with van der Waals surface area (Å²) in [7, 11) is 0. The third-order valence-electron chi connectivity index (χ3n) is 3.53. The summed E-state index contributed by atoms with van der Waals surface area (Å²) in [6.45, 7) is 6.27. The number of hydrogen-bond donors (Lipinski definition) is 2. The highest BCUT2D eigenvalue weighted by atomic mass is 35.5. The lowest BCUT2D eigenvalue weighted by Crippen LogP contribution is -2.45. The zero-order valence-corrected chi connectivity index (χ0v) is 12.5. The fourth-order valence-corrected chi connectivity index (χ4v) is 1.95. The Morgan fingerprint density at radius 2 is 1.89 bits per heavy atom. The van der Waals surface area contributed by atoms with Crippen molar-refractivity contribution >= 4 is 18.3 Å². The van der Waals surface area contributed by atoms with Gasteiger partial charge in [0.25, 0.3) is 0 Å². The maximum Gasteiger partial charge on any atom is 0.246 e. The molecule has 4 nitrogen and oxygen atoms in total. The van der Waals surface area contributed by atoms with Gasteiger partial charge in [-0.25, -0.2) is 0 Å². The lowest BCUT2D eigenvalue weighted by atomic mass is 9.94. The number of amides is 1. The molecule has 0 aromatic rings. The smallest absolute Gasteiger partial charge is 0.246 e. The predicted octanol–water partition coefficient (Wildman–Crippen LogP) is 2.00. The van der Waals surface area contributed by atoms with Crippen molar-refractivity contribution in [2.45, 2.75) is 70.6 Å². The molecule has 0 unspecified atom stereocenters. The molecule has 0 radical (unpaired) electrons. The van der Waals surface area contributed by atoms with Crippen LogP contribution in [0.2, 0.25) is 0 Å². The van der Waals surface area contributed by atoms with E-state index in [4.69, 9.17) is 10.5 Å². The van der Waals surface area contributed by atoms with Crippen molar-refractivity contribution in [3.8, 4) is 0 Å². The van der Waals surface area contributed by atoms with Crippen LogP contribution in [0.5, 0.6) is 0 Å². The number of ether oxygens (including phenoxy) is 1. The molecule has 1 aliphatic carbocycles. The Morgan fingerprint density at radius 1 is 1.33 bits per heavy atom. The Balaban J connectivity index is 0.00000289. The van der Waals surface area contributed by atoms with Crippen LogP contribution in [0.3, 0.4) is 0 Å². The molecule has 0 aromatic heterocycles. The third-order valence-corrected chi connectivity index (χ3v) is 3.53. The van der Waals surface area contributed by atoms with E-state index in [1.165, 1.54) is 0 Å². The molecular formula is C13H27ClN2O2. The van der Waals surface area contributed by atoms with Crippen LogP contribution in [0.25, 0.3) is 0 Å². The van der Waals surface area contributed by atoms with E-state index < -0.39 is 0 Å². The van der Waals surface area contributed by atoms with Gasteiger partial charge in [-0.3, -0.25) is 4.79 Å². The minimum atomic E-state index is -0.143. The second-order valence-corrected chi connectivity index (χ2v) is 5.63. The second-order valence-electron chi connectivity index (χ2n) is 5.63. The summed E-state index contributed by atoms with van der Waals surface area (Å²) >= 11 is 0. The standard InChI is InChI=1S/C13H26N2O2.ClH/c1-4-13(2,3)15-12(16)9-17-11-7-5-10(14)6-8-11;/h10-11H,4-9,14H2,1-3H3,(H,15,16);1H. The van der Waals surface area contributed by atoms with E-state index in [9.17, 15) is 4.79 Å². The molecule has 0 saturated heterocycles. The Hall–Kier alpha value is -0.320. The number of halogens is 1. The lowest BCUT2D eigenvalue weighted by Gasteiger charge is -2.28. The van der Waals surface area contributed by atoms with Crippen LogP contribution in [-0.4, -0.2) is 30.2 Å². The second kappa shape index (κ2) is 7.97. The molecule has 0 aromatic carbocycles. The predicted molar refractivity (Wildman–Crippen MR) is 75.9 cm³/mol. The van der Waals surface area contributed by atoms with Gasteiger partial charge < -0.3 is 15.8 Å². The average molecular weight is 279 g/mol. The first-order chi connectivity index (χ1) is 7.93. The maximum absolute atomic E-state index is 11.7. The summed E-state index contributed by atoms with van der Waals surface area (Å²) in [5.74, 6) is -0.0216. The first-order valence-corrected chi connectivity index (χ1v) is 6.61. The Labute approximate surface area is 116 Å². The zero-order chi connectivity index (χ0) is 12.9. The summed E-state index contributed by atoms with van der Waals surface area (Å²) in [4.78, 5) is 11.7. The van der Waals surface area contributed by atoms with Gasteiger partial charge in [-0.2, -0.15) is 0 Å². The number of carbonyl (C=O) groups excluding carboxylic acids is 1. The van der Waals surface area contributed by atoms with Crippen LogP contribution in [0.4, 0.5) is 0 Å². The van der Waals surface area contributed by atoms with Crippen LogP contribution in [0.15, 0.2) is 0 Å². The van der Waals surface area contributed by atoms with Crippen molar-refractivity contribution in [3.05, 3.63) is 0 Å². The van der Waals surface area contributed by atoms with E-state index in [1.807, 2.05) is 13.8 Å². The molecule has 0 spiro atoms. The molecule has 1 fully saturated rings. The van der Waals surface area contributed by atoms with Crippen molar-refractivity contribution in [1.82, 2.24) is 5.32 Å². The van der Waals surface area contributed by atoms with Gasteiger partial charge in [0, 0.05) is 11.6 Å². The summed E-state index contributed by atoms with van der Waals surface area (Å²) in [6.07, 6.45) is 5.10. The summed E-state index contributed by atoms with van der Waals surface area (Å²) in [5, 5.41) is 2.97. The monoisotopic (exact) mass is 278 g/mol. The van der Waals surface area contributed by atoms with Crippen LogP contribution in [-0.2, 0) is 9.53 Å². The van der Waals surface area contributed by atoms with Gasteiger partial charge in [0.05, 0.1) is 6.10 Å². The van der Waals surface area contributed by atoms with Gasteiger partial charge in [-0.1, -0.05) is 6.92 Å². The normalized spacial score (nSPS) is 24.2. The van der Waals surface area contributed by atoms with E-state index in [-0.39, 0.29) is 36.6 Å². The number of hydrogen-bond acceptors (Lipinski definition) is 3. The van der Waals surface area contributed by atoms with E-state index in [0.717, 1.165) is 32.1 Å². The molecule has 1 saturated carbocycles. The molecule has 1 amide bonds. The molecular weight excluding hydrogens is 252 g/mol. The van der Waals surface area contributed by atoms with E-state index in [2.05, 4.69) is 12.2 Å². The summed E-state index contributed by atoms with van der Waals surface area (Å²) in [5.41, 5.74) is 5.68. The molecule has 0 heterocycles. The van der Waals surface area contributed by atoms with Crippen LogP contribution >= 0.6 is 12.4 Å². The van der Waals surface area contributed by atoms with Gasteiger partial charge in [-0.15, -0.1) is 12.4 Å².